The molecule has 8 heteroatoms. The van der Waals surface area contributed by atoms with Crippen LogP contribution in [0.25, 0.3) is 22.3 Å². The van der Waals surface area contributed by atoms with Crippen molar-refractivity contribution in [2.24, 2.45) is 0 Å². The number of pyridine rings is 1. The van der Waals surface area contributed by atoms with E-state index >= 15 is 0 Å². The molecular weight excluding hydrogens is 382 g/mol. The SMILES string of the molecule is COc1ccccc1-c1nnc(SCc2cc3ccccc3nc2Cl)n1N. The topological polar surface area (TPSA) is 78.9 Å². The molecule has 0 spiro atoms. The van der Waals surface area contributed by atoms with E-state index in [-0.39, 0.29) is 0 Å². The average molecular weight is 398 g/mol. The van der Waals surface area contributed by atoms with Gasteiger partial charge in [-0.05, 0) is 24.3 Å². The smallest absolute Gasteiger partial charge is 0.210 e. The van der Waals surface area contributed by atoms with Gasteiger partial charge in [-0.15, -0.1) is 10.2 Å². The summed E-state index contributed by atoms with van der Waals surface area (Å²) in [6.45, 7) is 0. The van der Waals surface area contributed by atoms with Gasteiger partial charge in [0.05, 0.1) is 18.2 Å². The van der Waals surface area contributed by atoms with Crippen molar-refractivity contribution in [3.63, 3.8) is 0 Å². The van der Waals surface area contributed by atoms with Crippen LogP contribution in [-0.2, 0) is 5.75 Å². The van der Waals surface area contributed by atoms with Gasteiger partial charge < -0.3 is 10.6 Å². The van der Waals surface area contributed by atoms with Crippen molar-refractivity contribution in [3.05, 3.63) is 65.3 Å². The number of benzene rings is 2. The third-order valence-electron chi connectivity index (χ3n) is 4.12. The maximum Gasteiger partial charge on any atom is 0.210 e. The van der Waals surface area contributed by atoms with Crippen molar-refractivity contribution >= 4 is 34.3 Å². The second-order valence-corrected chi connectivity index (χ2v) is 7.10. The van der Waals surface area contributed by atoms with Gasteiger partial charge in [0.25, 0.3) is 0 Å². The predicted octanol–water partition coefficient (Wildman–Crippen LogP) is 4.16. The monoisotopic (exact) mass is 397 g/mol. The molecule has 0 aliphatic heterocycles. The first-order valence-corrected chi connectivity index (χ1v) is 9.54. The molecule has 4 aromatic rings. The number of halogens is 1. The number of thioether (sulfide) groups is 1. The zero-order valence-electron chi connectivity index (χ0n) is 14.5. The largest absolute Gasteiger partial charge is 0.496 e. The summed E-state index contributed by atoms with van der Waals surface area (Å²) in [5.74, 6) is 8.03. The normalized spacial score (nSPS) is 11.0. The zero-order chi connectivity index (χ0) is 18.8. The first-order chi connectivity index (χ1) is 13.2. The van der Waals surface area contributed by atoms with Gasteiger partial charge in [0.2, 0.25) is 5.16 Å². The minimum absolute atomic E-state index is 0.481. The molecule has 0 aliphatic carbocycles. The lowest BCUT2D eigenvalue weighted by atomic mass is 10.2. The highest BCUT2D eigenvalue weighted by Crippen LogP contribution is 2.31. The van der Waals surface area contributed by atoms with Crippen molar-refractivity contribution in [2.45, 2.75) is 10.9 Å². The molecule has 0 saturated carbocycles. The average Bonchev–Trinajstić information content (AvgIpc) is 3.06. The van der Waals surface area contributed by atoms with Crippen molar-refractivity contribution in [1.82, 2.24) is 19.9 Å². The third-order valence-corrected chi connectivity index (χ3v) is 5.44. The molecule has 2 aromatic heterocycles. The minimum Gasteiger partial charge on any atom is -0.496 e. The number of nitrogens with zero attached hydrogens (tertiary/aromatic N) is 4. The first-order valence-electron chi connectivity index (χ1n) is 8.18. The number of nitrogens with two attached hydrogens (primary N) is 1. The van der Waals surface area contributed by atoms with Gasteiger partial charge in [-0.1, -0.05) is 53.7 Å². The number of rotatable bonds is 5. The van der Waals surface area contributed by atoms with Crippen LogP contribution in [0.4, 0.5) is 0 Å². The number of aromatic nitrogens is 4. The van der Waals surface area contributed by atoms with Crippen LogP contribution in [0.15, 0.2) is 59.8 Å². The van der Waals surface area contributed by atoms with Crippen LogP contribution in [-0.4, -0.2) is 27.0 Å². The van der Waals surface area contributed by atoms with Crippen LogP contribution in [0.3, 0.4) is 0 Å². The third kappa shape index (κ3) is 3.43. The van der Waals surface area contributed by atoms with Gasteiger partial charge in [0, 0.05) is 16.7 Å². The summed E-state index contributed by atoms with van der Waals surface area (Å²) in [7, 11) is 1.61. The number of ether oxygens (including phenoxy) is 1. The van der Waals surface area contributed by atoms with Crippen molar-refractivity contribution < 1.29 is 4.74 Å². The van der Waals surface area contributed by atoms with Gasteiger partial charge in [-0.3, -0.25) is 0 Å². The molecule has 2 heterocycles. The standard InChI is InChI=1S/C19H16ClN5OS/c1-26-16-9-5-3-7-14(16)18-23-24-19(25(18)21)27-11-13-10-12-6-2-4-8-15(12)22-17(13)20/h2-10H,11,21H2,1H3. The molecule has 136 valence electrons. The highest BCUT2D eigenvalue weighted by molar-refractivity contribution is 7.98. The molecule has 0 amide bonds. The quantitative estimate of drug-likeness (QED) is 0.309. The second kappa shape index (κ2) is 7.46. The Hall–Kier alpha value is -2.77. The number of para-hydroxylation sites is 2. The molecule has 0 radical (unpaired) electrons. The molecule has 2 N–H and O–H groups in total. The summed E-state index contributed by atoms with van der Waals surface area (Å²) >= 11 is 7.79. The van der Waals surface area contributed by atoms with E-state index in [0.717, 1.165) is 22.0 Å². The number of hydrogen-bond donors (Lipinski definition) is 1. The fourth-order valence-electron chi connectivity index (χ4n) is 2.77. The van der Waals surface area contributed by atoms with Gasteiger partial charge in [-0.25, -0.2) is 9.66 Å². The Morgan fingerprint density at radius 2 is 1.89 bits per heavy atom. The molecule has 0 fully saturated rings. The molecule has 0 unspecified atom stereocenters. The molecule has 2 aromatic carbocycles. The van der Waals surface area contributed by atoms with Crippen molar-refractivity contribution in [1.29, 1.82) is 0 Å². The second-order valence-electron chi connectivity index (χ2n) is 5.80. The van der Waals surface area contributed by atoms with E-state index in [1.165, 1.54) is 16.4 Å². The number of methoxy groups -OCH3 is 1. The maximum absolute atomic E-state index is 6.33. The summed E-state index contributed by atoms with van der Waals surface area (Å²) in [5.41, 5.74) is 2.58. The van der Waals surface area contributed by atoms with Gasteiger partial charge in [0.1, 0.15) is 10.9 Å². The summed E-state index contributed by atoms with van der Waals surface area (Å²) in [5, 5.41) is 10.5. The highest BCUT2D eigenvalue weighted by atomic mass is 35.5. The Balaban J connectivity index is 1.60. The Bertz CT molecular complexity index is 1110. The Morgan fingerprint density at radius 1 is 1.11 bits per heavy atom. The van der Waals surface area contributed by atoms with E-state index < -0.39 is 0 Å². The molecule has 27 heavy (non-hydrogen) atoms. The molecule has 0 atom stereocenters. The van der Waals surface area contributed by atoms with Gasteiger partial charge in [-0.2, -0.15) is 0 Å². The van der Waals surface area contributed by atoms with Crippen LogP contribution < -0.4 is 10.6 Å². The summed E-state index contributed by atoms with van der Waals surface area (Å²) < 4.78 is 6.84. The molecule has 0 aliphatic rings. The van der Waals surface area contributed by atoms with Crippen LogP contribution in [0, 0.1) is 0 Å². The zero-order valence-corrected chi connectivity index (χ0v) is 16.0. The van der Waals surface area contributed by atoms with Crippen LogP contribution in [0.5, 0.6) is 5.75 Å². The van der Waals surface area contributed by atoms with E-state index in [2.05, 4.69) is 15.2 Å². The molecule has 4 rings (SSSR count). The lowest BCUT2D eigenvalue weighted by molar-refractivity contribution is 0.416. The fraction of sp³-hybridized carbons (Fsp3) is 0.105. The van der Waals surface area contributed by atoms with E-state index in [1.54, 1.807) is 7.11 Å². The lowest BCUT2D eigenvalue weighted by Gasteiger charge is -2.08. The van der Waals surface area contributed by atoms with Crippen LogP contribution >= 0.6 is 23.4 Å². The number of fused-ring (bicyclic) bond motifs is 1. The summed E-state index contributed by atoms with van der Waals surface area (Å²) in [6.07, 6.45) is 0. The first kappa shape index (κ1) is 17.6. The maximum atomic E-state index is 6.33. The summed E-state index contributed by atoms with van der Waals surface area (Å²) in [6, 6.07) is 17.5. The molecular formula is C19H16ClN5OS. The Kier molecular flexibility index (Phi) is 4.87. The van der Waals surface area contributed by atoms with Crippen LogP contribution in [0.2, 0.25) is 5.15 Å². The Morgan fingerprint density at radius 3 is 2.74 bits per heavy atom. The molecule has 0 saturated heterocycles. The highest BCUT2D eigenvalue weighted by Gasteiger charge is 2.16. The van der Waals surface area contributed by atoms with Crippen molar-refractivity contribution in [3.8, 4) is 17.1 Å². The van der Waals surface area contributed by atoms with Crippen LogP contribution in [0.1, 0.15) is 5.56 Å². The lowest BCUT2D eigenvalue weighted by Crippen LogP contribution is -2.12. The summed E-state index contributed by atoms with van der Waals surface area (Å²) in [4.78, 5) is 4.45. The van der Waals surface area contributed by atoms with Gasteiger partial charge >= 0.3 is 0 Å². The van der Waals surface area contributed by atoms with E-state index in [9.17, 15) is 0 Å². The molecule has 0 bridgehead atoms. The fourth-order valence-corrected chi connectivity index (χ4v) is 3.89. The van der Waals surface area contributed by atoms with E-state index in [0.29, 0.717) is 27.6 Å². The number of hydrogen-bond acceptors (Lipinski definition) is 6. The minimum atomic E-state index is 0.481. The van der Waals surface area contributed by atoms with E-state index in [4.69, 9.17) is 22.2 Å². The van der Waals surface area contributed by atoms with Gasteiger partial charge in [0.15, 0.2) is 5.82 Å². The predicted molar refractivity (Wildman–Crippen MR) is 108 cm³/mol. The number of nitrogen functional groups attached to an aromatic ring is 1. The van der Waals surface area contributed by atoms with E-state index in [1.807, 2.05) is 54.6 Å². The molecule has 6 nitrogen and oxygen atoms in total. The Labute approximate surface area is 165 Å². The van der Waals surface area contributed by atoms with Crippen molar-refractivity contribution in [2.75, 3.05) is 13.0 Å².